The van der Waals surface area contributed by atoms with Gasteiger partial charge in [0.25, 0.3) is 5.91 Å². The molecule has 0 aliphatic rings. The molecule has 9 nitrogen and oxygen atoms in total. The first-order valence-corrected chi connectivity index (χ1v) is 9.56. The van der Waals surface area contributed by atoms with Crippen molar-refractivity contribution in [3.8, 4) is 23.0 Å². The highest BCUT2D eigenvalue weighted by atomic mass is 35.5. The summed E-state index contributed by atoms with van der Waals surface area (Å²) in [6, 6.07) is 4.56. The minimum absolute atomic E-state index is 0.184. The zero-order valence-corrected chi connectivity index (χ0v) is 19.0. The third-order valence-corrected chi connectivity index (χ3v) is 4.66. The van der Waals surface area contributed by atoms with Gasteiger partial charge in [-0.25, -0.2) is 0 Å². The number of Topliss-reactive ketones (excluding diaryl/α,β-unsaturated/α-hetero) is 1. The summed E-state index contributed by atoms with van der Waals surface area (Å²) in [4.78, 5) is 24.8. The van der Waals surface area contributed by atoms with Crippen LogP contribution in [0.4, 0.5) is 11.4 Å². The lowest BCUT2D eigenvalue weighted by molar-refractivity contribution is -0.126. The number of anilines is 1. The van der Waals surface area contributed by atoms with Crippen LogP contribution in [0, 0.1) is 0 Å². The molecule has 0 aromatic heterocycles. The molecule has 11 heteroatoms. The second-order valence-electron chi connectivity index (χ2n) is 6.07. The molecule has 166 valence electrons. The average molecular weight is 470 g/mol. The maximum atomic E-state index is 12.7. The van der Waals surface area contributed by atoms with E-state index in [1.165, 1.54) is 59.6 Å². The van der Waals surface area contributed by atoms with Crippen molar-refractivity contribution in [2.24, 2.45) is 10.2 Å². The van der Waals surface area contributed by atoms with Gasteiger partial charge >= 0.3 is 0 Å². The Morgan fingerprint density at radius 3 is 1.77 bits per heavy atom. The molecule has 2 rings (SSSR count). The SMILES string of the molecule is COc1cc(NC(=O)C(N=Nc2c(OC)cc(Cl)cc2OC)C(C)=O)cc(OC)c1Cl. The van der Waals surface area contributed by atoms with Crippen molar-refractivity contribution in [3.05, 3.63) is 34.3 Å². The number of carbonyl (C=O) groups is 2. The highest BCUT2D eigenvalue weighted by molar-refractivity contribution is 6.33. The highest BCUT2D eigenvalue weighted by Gasteiger charge is 2.25. The van der Waals surface area contributed by atoms with Gasteiger partial charge in [0.1, 0.15) is 16.5 Å². The quantitative estimate of drug-likeness (QED) is 0.420. The van der Waals surface area contributed by atoms with Crippen LogP contribution in [0.2, 0.25) is 10.0 Å². The molecule has 2 aromatic rings. The molecule has 0 heterocycles. The summed E-state index contributed by atoms with van der Waals surface area (Å²) in [7, 11) is 5.68. The summed E-state index contributed by atoms with van der Waals surface area (Å²) in [6.45, 7) is 1.22. The summed E-state index contributed by atoms with van der Waals surface area (Å²) in [5.41, 5.74) is 0.481. The molecule has 1 unspecified atom stereocenters. The zero-order valence-electron chi connectivity index (χ0n) is 17.5. The number of hydrogen-bond donors (Lipinski definition) is 1. The van der Waals surface area contributed by atoms with Gasteiger partial charge in [0.2, 0.25) is 6.04 Å². The molecule has 1 atom stereocenters. The fourth-order valence-corrected chi connectivity index (χ4v) is 3.01. The molecule has 0 aliphatic carbocycles. The second kappa shape index (κ2) is 10.8. The molecule has 1 amide bonds. The van der Waals surface area contributed by atoms with Gasteiger partial charge in [-0.1, -0.05) is 23.2 Å². The van der Waals surface area contributed by atoms with E-state index in [9.17, 15) is 9.59 Å². The number of rotatable bonds is 9. The van der Waals surface area contributed by atoms with E-state index < -0.39 is 17.7 Å². The summed E-state index contributed by atoms with van der Waals surface area (Å²) in [5, 5.41) is 11.1. The summed E-state index contributed by atoms with van der Waals surface area (Å²) in [5.74, 6) is -0.137. The zero-order chi connectivity index (χ0) is 23.1. The molecule has 0 fully saturated rings. The van der Waals surface area contributed by atoms with E-state index in [4.69, 9.17) is 42.1 Å². The minimum atomic E-state index is -1.43. The van der Waals surface area contributed by atoms with Crippen molar-refractivity contribution in [1.82, 2.24) is 0 Å². The van der Waals surface area contributed by atoms with E-state index in [0.29, 0.717) is 10.7 Å². The van der Waals surface area contributed by atoms with Crippen LogP contribution in [-0.2, 0) is 9.59 Å². The number of amides is 1. The molecule has 0 radical (unpaired) electrons. The Bertz CT molecular complexity index is 962. The van der Waals surface area contributed by atoms with Crippen LogP contribution in [-0.4, -0.2) is 46.2 Å². The van der Waals surface area contributed by atoms with Crippen molar-refractivity contribution < 1.29 is 28.5 Å². The topological polar surface area (TPSA) is 108 Å². The number of nitrogens with one attached hydrogen (secondary N) is 1. The van der Waals surface area contributed by atoms with Crippen LogP contribution < -0.4 is 24.3 Å². The molecule has 0 saturated carbocycles. The second-order valence-corrected chi connectivity index (χ2v) is 6.89. The van der Waals surface area contributed by atoms with Crippen LogP contribution in [0.25, 0.3) is 0 Å². The Hall–Kier alpha value is -3.04. The molecule has 1 N–H and O–H groups in total. The Kier molecular flexibility index (Phi) is 8.47. The minimum Gasteiger partial charge on any atom is -0.495 e. The van der Waals surface area contributed by atoms with E-state index in [-0.39, 0.29) is 33.7 Å². The van der Waals surface area contributed by atoms with Gasteiger partial charge in [0.05, 0.1) is 28.4 Å². The highest BCUT2D eigenvalue weighted by Crippen LogP contribution is 2.40. The van der Waals surface area contributed by atoms with Gasteiger partial charge in [-0.3, -0.25) is 9.59 Å². The van der Waals surface area contributed by atoms with Gasteiger partial charge in [-0.2, -0.15) is 5.11 Å². The number of carbonyl (C=O) groups excluding carboxylic acids is 2. The lowest BCUT2D eigenvalue weighted by Crippen LogP contribution is -2.31. The molecule has 0 bridgehead atoms. The number of ether oxygens (including phenoxy) is 4. The predicted octanol–water partition coefficient (Wildman–Crippen LogP) is 4.71. The maximum Gasteiger partial charge on any atom is 0.258 e. The smallest absolute Gasteiger partial charge is 0.258 e. The summed E-state index contributed by atoms with van der Waals surface area (Å²) in [6.07, 6.45) is 0. The molecule has 31 heavy (non-hydrogen) atoms. The number of benzene rings is 2. The molecule has 2 aromatic carbocycles. The van der Waals surface area contributed by atoms with Gasteiger partial charge < -0.3 is 24.3 Å². The fraction of sp³-hybridized carbons (Fsp3) is 0.300. The van der Waals surface area contributed by atoms with Crippen LogP contribution in [0.3, 0.4) is 0 Å². The molecule has 0 saturated heterocycles. The first-order chi connectivity index (χ1) is 14.7. The van der Waals surface area contributed by atoms with Crippen molar-refractivity contribution in [2.75, 3.05) is 33.8 Å². The molecular formula is C20H21Cl2N3O6. The summed E-state index contributed by atoms with van der Waals surface area (Å²) >= 11 is 12.1. The normalized spacial score (nSPS) is 11.7. The van der Waals surface area contributed by atoms with E-state index in [2.05, 4.69) is 15.5 Å². The van der Waals surface area contributed by atoms with Crippen molar-refractivity contribution in [3.63, 3.8) is 0 Å². The van der Waals surface area contributed by atoms with E-state index in [1.54, 1.807) is 0 Å². The first kappa shape index (κ1) is 24.2. The predicted molar refractivity (Wildman–Crippen MR) is 117 cm³/mol. The van der Waals surface area contributed by atoms with Gasteiger partial charge in [-0.15, -0.1) is 5.11 Å². The molecular weight excluding hydrogens is 449 g/mol. The van der Waals surface area contributed by atoms with Crippen LogP contribution >= 0.6 is 23.2 Å². The Morgan fingerprint density at radius 2 is 1.35 bits per heavy atom. The number of nitrogens with zero attached hydrogens (tertiary/aromatic N) is 2. The lowest BCUT2D eigenvalue weighted by atomic mass is 10.2. The third kappa shape index (κ3) is 5.77. The molecule has 0 aliphatic heterocycles. The van der Waals surface area contributed by atoms with Gasteiger partial charge in [0.15, 0.2) is 23.0 Å². The Labute approximate surface area is 189 Å². The number of halogens is 2. The van der Waals surface area contributed by atoms with E-state index in [1.807, 2.05) is 0 Å². The van der Waals surface area contributed by atoms with Gasteiger partial charge in [0, 0.05) is 35.0 Å². The van der Waals surface area contributed by atoms with E-state index in [0.717, 1.165) is 0 Å². The Morgan fingerprint density at radius 1 is 0.871 bits per heavy atom. The summed E-state index contributed by atoms with van der Waals surface area (Å²) < 4.78 is 20.8. The number of hydrogen-bond acceptors (Lipinski definition) is 8. The average Bonchev–Trinajstić information content (AvgIpc) is 2.74. The van der Waals surface area contributed by atoms with E-state index >= 15 is 0 Å². The van der Waals surface area contributed by atoms with Crippen molar-refractivity contribution in [2.45, 2.75) is 13.0 Å². The first-order valence-electron chi connectivity index (χ1n) is 8.80. The number of methoxy groups -OCH3 is 4. The van der Waals surface area contributed by atoms with Gasteiger partial charge in [-0.05, 0) is 6.92 Å². The largest absolute Gasteiger partial charge is 0.495 e. The number of ketones is 1. The lowest BCUT2D eigenvalue weighted by Gasteiger charge is -2.14. The Balaban J connectivity index is 2.36. The van der Waals surface area contributed by atoms with Crippen molar-refractivity contribution >= 4 is 46.3 Å². The van der Waals surface area contributed by atoms with Crippen LogP contribution in [0.5, 0.6) is 23.0 Å². The van der Waals surface area contributed by atoms with Crippen molar-refractivity contribution in [1.29, 1.82) is 0 Å². The monoisotopic (exact) mass is 469 g/mol. The third-order valence-electron chi connectivity index (χ3n) is 4.06. The number of azo groups is 1. The fourth-order valence-electron chi connectivity index (χ4n) is 2.55. The molecule has 0 spiro atoms. The van der Waals surface area contributed by atoms with Crippen LogP contribution in [0.1, 0.15) is 6.92 Å². The standard InChI is InChI=1S/C20H21Cl2N3O6/c1-10(26)18(24-25-19-15(30-4)6-11(21)7-16(19)31-5)20(27)23-12-8-13(28-2)17(22)14(9-12)29-3/h6-9,18H,1-5H3,(H,23,27). The maximum absolute atomic E-state index is 12.7. The van der Waals surface area contributed by atoms with Crippen LogP contribution in [0.15, 0.2) is 34.5 Å².